The molecule has 5 nitrogen and oxygen atoms in total. The van der Waals surface area contributed by atoms with E-state index in [0.29, 0.717) is 5.02 Å². The molecule has 0 aliphatic carbocycles. The second kappa shape index (κ2) is 6.74. The van der Waals surface area contributed by atoms with Crippen molar-refractivity contribution in [3.63, 3.8) is 0 Å². The summed E-state index contributed by atoms with van der Waals surface area (Å²) in [5, 5.41) is 0.611. The van der Waals surface area contributed by atoms with Gasteiger partial charge in [-0.15, -0.1) is 0 Å². The number of para-hydroxylation sites is 1. The molecule has 6 heteroatoms. The van der Waals surface area contributed by atoms with E-state index in [1.807, 2.05) is 36.4 Å². The van der Waals surface area contributed by atoms with Gasteiger partial charge in [-0.05, 0) is 37.4 Å². The van der Waals surface area contributed by atoms with Gasteiger partial charge < -0.3 is 9.80 Å². The lowest BCUT2D eigenvalue weighted by Crippen LogP contribution is -2.47. The summed E-state index contributed by atoms with van der Waals surface area (Å²) >= 11 is 6.23. The first-order valence-electron chi connectivity index (χ1n) is 8.76. The average molecular weight is 369 g/mol. The summed E-state index contributed by atoms with van der Waals surface area (Å²) in [4.78, 5) is 23.8. The minimum Gasteiger partial charge on any atom is -0.353 e. The van der Waals surface area contributed by atoms with Crippen molar-refractivity contribution in [3.05, 3.63) is 53.1 Å². The molecule has 134 valence electrons. The van der Waals surface area contributed by atoms with Crippen LogP contribution in [0.2, 0.25) is 5.02 Å². The van der Waals surface area contributed by atoms with Crippen LogP contribution in [0, 0.1) is 0 Å². The van der Waals surface area contributed by atoms with Gasteiger partial charge in [-0.2, -0.15) is 0 Å². The first kappa shape index (κ1) is 17.1. The number of halogens is 1. The highest BCUT2D eigenvalue weighted by Crippen LogP contribution is 2.41. The Morgan fingerprint density at radius 1 is 1.04 bits per heavy atom. The molecular formula is C20H21ClN4O. The average Bonchev–Trinajstić information content (AvgIpc) is 2.76. The number of carbonyl (C=O) groups is 1. The van der Waals surface area contributed by atoms with Gasteiger partial charge in [0.15, 0.2) is 0 Å². The summed E-state index contributed by atoms with van der Waals surface area (Å²) in [6.45, 7) is 5.36. The van der Waals surface area contributed by atoms with Gasteiger partial charge in [0.1, 0.15) is 5.84 Å². The molecule has 2 heterocycles. The molecule has 1 amide bonds. The highest BCUT2D eigenvalue weighted by molar-refractivity contribution is 6.31. The smallest absolute Gasteiger partial charge is 0.228 e. The maximum absolute atomic E-state index is 12.5. The first-order valence-corrected chi connectivity index (χ1v) is 9.14. The molecule has 0 N–H and O–H groups in total. The van der Waals surface area contributed by atoms with Crippen LogP contribution in [0.1, 0.15) is 12.5 Å². The molecule has 0 radical (unpaired) electrons. The van der Waals surface area contributed by atoms with E-state index in [9.17, 15) is 4.79 Å². The van der Waals surface area contributed by atoms with Crippen molar-refractivity contribution < 1.29 is 4.79 Å². The molecule has 2 aliphatic rings. The van der Waals surface area contributed by atoms with Crippen LogP contribution in [-0.2, 0) is 4.79 Å². The van der Waals surface area contributed by atoms with Gasteiger partial charge in [0.25, 0.3) is 0 Å². The molecule has 0 unspecified atom stereocenters. The number of fused-ring (bicyclic) bond motifs is 2. The summed E-state index contributed by atoms with van der Waals surface area (Å²) in [5.41, 5.74) is 3.31. The van der Waals surface area contributed by atoms with Crippen LogP contribution in [0.5, 0.6) is 0 Å². The van der Waals surface area contributed by atoms with Crippen LogP contribution >= 0.6 is 11.6 Å². The number of amides is 1. The molecule has 4 rings (SSSR count). The molecule has 1 fully saturated rings. The SMILES string of the molecule is CC(=O)N1c2ccc(Cl)cc2N=C(N2CCN(C)CC2)c2ccccc21. The molecule has 0 saturated carbocycles. The predicted molar refractivity (Wildman–Crippen MR) is 106 cm³/mol. The van der Waals surface area contributed by atoms with Gasteiger partial charge in [-0.1, -0.05) is 23.7 Å². The minimum atomic E-state index is -0.0455. The molecule has 0 aromatic heterocycles. The van der Waals surface area contributed by atoms with Gasteiger partial charge in [0.05, 0.1) is 17.1 Å². The van der Waals surface area contributed by atoms with E-state index in [2.05, 4.69) is 16.8 Å². The number of nitrogens with zero attached hydrogens (tertiary/aromatic N) is 4. The molecule has 0 bridgehead atoms. The van der Waals surface area contributed by atoms with E-state index < -0.39 is 0 Å². The van der Waals surface area contributed by atoms with Gasteiger partial charge in [0, 0.05) is 43.7 Å². The zero-order valence-corrected chi connectivity index (χ0v) is 15.7. The fourth-order valence-corrected chi connectivity index (χ4v) is 3.70. The van der Waals surface area contributed by atoms with Crippen molar-refractivity contribution >= 4 is 40.4 Å². The van der Waals surface area contributed by atoms with Crippen LogP contribution in [-0.4, -0.2) is 54.8 Å². The van der Waals surface area contributed by atoms with Crippen molar-refractivity contribution in [3.8, 4) is 0 Å². The number of anilines is 2. The molecule has 0 spiro atoms. The summed E-state index contributed by atoms with van der Waals surface area (Å²) in [7, 11) is 2.13. The van der Waals surface area contributed by atoms with Crippen molar-refractivity contribution in [2.75, 3.05) is 38.1 Å². The summed E-state index contributed by atoms with van der Waals surface area (Å²) in [6.07, 6.45) is 0. The Hall–Kier alpha value is -2.37. The number of carbonyl (C=O) groups excluding carboxylic acids is 1. The van der Waals surface area contributed by atoms with E-state index in [-0.39, 0.29) is 5.91 Å². The number of aliphatic imine (C=N–C) groups is 1. The normalized spacial score (nSPS) is 17.3. The van der Waals surface area contributed by atoms with E-state index in [0.717, 1.165) is 54.6 Å². The van der Waals surface area contributed by atoms with E-state index in [1.54, 1.807) is 17.9 Å². The third kappa shape index (κ3) is 2.97. The van der Waals surface area contributed by atoms with Crippen molar-refractivity contribution in [1.82, 2.24) is 9.80 Å². The lowest BCUT2D eigenvalue weighted by molar-refractivity contribution is -0.115. The Kier molecular flexibility index (Phi) is 4.42. The van der Waals surface area contributed by atoms with E-state index in [4.69, 9.17) is 16.6 Å². The molecule has 2 aromatic rings. The summed E-state index contributed by atoms with van der Waals surface area (Å²) in [6, 6.07) is 13.5. The Morgan fingerprint density at radius 2 is 1.77 bits per heavy atom. The number of likely N-dealkylation sites (N-methyl/N-ethyl adjacent to an activating group) is 1. The molecule has 2 aromatic carbocycles. The fraction of sp³-hybridized carbons (Fsp3) is 0.300. The number of benzene rings is 2. The largest absolute Gasteiger partial charge is 0.353 e. The zero-order chi connectivity index (χ0) is 18.3. The van der Waals surface area contributed by atoms with Crippen LogP contribution in [0.25, 0.3) is 0 Å². The van der Waals surface area contributed by atoms with Gasteiger partial charge in [-0.25, -0.2) is 4.99 Å². The third-order valence-electron chi connectivity index (χ3n) is 4.91. The topological polar surface area (TPSA) is 39.2 Å². The summed E-state index contributed by atoms with van der Waals surface area (Å²) in [5.74, 6) is 0.858. The highest BCUT2D eigenvalue weighted by Gasteiger charge is 2.29. The van der Waals surface area contributed by atoms with Gasteiger partial charge in [0.2, 0.25) is 5.91 Å². The maximum atomic E-state index is 12.5. The molecular weight excluding hydrogens is 348 g/mol. The van der Waals surface area contributed by atoms with Crippen molar-refractivity contribution in [2.45, 2.75) is 6.92 Å². The number of amidine groups is 1. The lowest BCUT2D eigenvalue weighted by Gasteiger charge is -2.35. The second-order valence-electron chi connectivity index (χ2n) is 6.73. The van der Waals surface area contributed by atoms with E-state index in [1.165, 1.54) is 0 Å². The van der Waals surface area contributed by atoms with Gasteiger partial charge in [-0.3, -0.25) is 9.69 Å². The van der Waals surface area contributed by atoms with E-state index >= 15 is 0 Å². The predicted octanol–water partition coefficient (Wildman–Crippen LogP) is 3.66. The number of rotatable bonds is 0. The minimum absolute atomic E-state index is 0.0455. The third-order valence-corrected chi connectivity index (χ3v) is 5.14. The highest BCUT2D eigenvalue weighted by atomic mass is 35.5. The summed E-state index contributed by atoms with van der Waals surface area (Å²) < 4.78 is 0. The molecule has 0 atom stereocenters. The van der Waals surface area contributed by atoms with Crippen molar-refractivity contribution in [2.24, 2.45) is 4.99 Å². The second-order valence-corrected chi connectivity index (χ2v) is 7.17. The molecule has 26 heavy (non-hydrogen) atoms. The van der Waals surface area contributed by atoms with Gasteiger partial charge >= 0.3 is 0 Å². The Morgan fingerprint density at radius 3 is 2.50 bits per heavy atom. The number of piperazine rings is 1. The quantitative estimate of drug-likeness (QED) is 0.712. The Balaban J connectivity index is 1.92. The fourth-order valence-electron chi connectivity index (χ4n) is 3.54. The number of hydrogen-bond donors (Lipinski definition) is 0. The Bertz CT molecular complexity index is 887. The molecule has 2 aliphatic heterocycles. The number of hydrogen-bond acceptors (Lipinski definition) is 4. The first-order chi connectivity index (χ1) is 12.5. The van der Waals surface area contributed by atoms with Crippen LogP contribution in [0.4, 0.5) is 17.1 Å². The maximum Gasteiger partial charge on any atom is 0.228 e. The monoisotopic (exact) mass is 368 g/mol. The van der Waals surface area contributed by atoms with Crippen molar-refractivity contribution in [1.29, 1.82) is 0 Å². The lowest BCUT2D eigenvalue weighted by atomic mass is 10.1. The van der Waals surface area contributed by atoms with Crippen LogP contribution < -0.4 is 4.90 Å². The van der Waals surface area contributed by atoms with Crippen LogP contribution in [0.15, 0.2) is 47.5 Å². The zero-order valence-electron chi connectivity index (χ0n) is 14.9. The Labute approximate surface area is 158 Å². The molecule has 1 saturated heterocycles. The standard InChI is InChI=1S/C20H21ClN4O/c1-14(26)25-18-6-4-3-5-16(18)20(24-11-9-23(2)10-12-24)22-17-13-15(21)7-8-19(17)25/h3-8,13H,9-12H2,1-2H3. The van der Waals surface area contributed by atoms with Crippen LogP contribution in [0.3, 0.4) is 0 Å².